The molecular weight excluding hydrogens is 165 g/mol. The molecule has 0 saturated heterocycles. The van der Waals surface area contributed by atoms with Crippen molar-refractivity contribution in [3.8, 4) is 0 Å². The van der Waals surface area contributed by atoms with Crippen LogP contribution in [0.2, 0.25) is 0 Å². The average Bonchev–Trinajstić information content (AvgIpc) is 1.80. The van der Waals surface area contributed by atoms with Gasteiger partial charge in [0.05, 0.1) is 0 Å². The van der Waals surface area contributed by atoms with Crippen LogP contribution in [0, 0.1) is 0 Å². The lowest BCUT2D eigenvalue weighted by atomic mass is 10.5. The molecule has 0 atom stereocenters. The Labute approximate surface area is 59.5 Å². The summed E-state index contributed by atoms with van der Waals surface area (Å²) in [5, 5.41) is 1.28. The van der Waals surface area contributed by atoms with Crippen molar-refractivity contribution in [3.05, 3.63) is 0 Å². The Bertz CT molecular complexity index is 177. The molecule has 64 valence electrons. The van der Waals surface area contributed by atoms with Crippen molar-refractivity contribution in [1.82, 2.24) is 5.32 Å². The van der Waals surface area contributed by atoms with Gasteiger partial charge in [0.2, 0.25) is 0 Å². The first-order chi connectivity index (χ1) is 4.83. The maximum atomic E-state index is 11.3. The van der Waals surface area contributed by atoms with Gasteiger partial charge in [-0.3, -0.25) is 9.59 Å². The number of primary amides is 1. The minimum atomic E-state index is -4.52. The monoisotopic (exact) mass is 170 g/mol. The molecule has 0 aromatic carbocycles. The van der Waals surface area contributed by atoms with Gasteiger partial charge < -0.3 is 11.1 Å². The molecule has 0 aliphatic rings. The Morgan fingerprint density at radius 2 is 1.82 bits per heavy atom. The molecule has 0 rings (SSSR count). The fraction of sp³-hybridized carbons (Fsp3) is 0.500. The van der Waals surface area contributed by atoms with Crippen LogP contribution in [0.25, 0.3) is 0 Å². The minimum Gasteiger partial charge on any atom is -0.361 e. The van der Waals surface area contributed by atoms with Crippen molar-refractivity contribution in [3.63, 3.8) is 0 Å². The van der Waals surface area contributed by atoms with E-state index in [0.717, 1.165) is 0 Å². The average molecular weight is 170 g/mol. The standard InChI is InChI=1S/C4H5F3N2O2/c5-4(6,7)1-9-3(11)2(8)10/h1H2,(H2,8,10)(H,9,11). The Balaban J connectivity index is 3.73. The highest BCUT2D eigenvalue weighted by atomic mass is 19.4. The van der Waals surface area contributed by atoms with Gasteiger partial charge in [-0.15, -0.1) is 0 Å². The SMILES string of the molecule is NC(=O)C(=O)NCC(F)(F)F. The van der Waals surface area contributed by atoms with E-state index in [0.29, 0.717) is 0 Å². The summed E-state index contributed by atoms with van der Waals surface area (Å²) in [4.78, 5) is 20.0. The van der Waals surface area contributed by atoms with Gasteiger partial charge >= 0.3 is 18.0 Å². The van der Waals surface area contributed by atoms with E-state index in [4.69, 9.17) is 0 Å². The van der Waals surface area contributed by atoms with Crippen LogP contribution in [0.3, 0.4) is 0 Å². The zero-order valence-corrected chi connectivity index (χ0v) is 5.23. The molecule has 0 bridgehead atoms. The van der Waals surface area contributed by atoms with Crippen LogP contribution >= 0.6 is 0 Å². The Kier molecular flexibility index (Phi) is 2.85. The second-order valence-corrected chi connectivity index (χ2v) is 1.66. The van der Waals surface area contributed by atoms with E-state index >= 15 is 0 Å². The quantitative estimate of drug-likeness (QED) is 0.503. The predicted octanol–water partition coefficient (Wildman–Crippen LogP) is -0.850. The third kappa shape index (κ3) is 5.19. The van der Waals surface area contributed by atoms with Crippen molar-refractivity contribution >= 4 is 11.8 Å². The summed E-state index contributed by atoms with van der Waals surface area (Å²) in [7, 11) is 0. The maximum absolute atomic E-state index is 11.3. The van der Waals surface area contributed by atoms with E-state index in [9.17, 15) is 22.8 Å². The van der Waals surface area contributed by atoms with Gasteiger partial charge in [0.15, 0.2) is 0 Å². The number of amides is 2. The van der Waals surface area contributed by atoms with Crippen LogP contribution in [0.5, 0.6) is 0 Å². The summed E-state index contributed by atoms with van der Waals surface area (Å²) < 4.78 is 33.9. The molecule has 7 heteroatoms. The van der Waals surface area contributed by atoms with Crippen LogP contribution in [-0.2, 0) is 9.59 Å². The number of halogens is 3. The smallest absolute Gasteiger partial charge is 0.361 e. The first-order valence-corrected chi connectivity index (χ1v) is 2.47. The fourth-order valence-corrected chi connectivity index (χ4v) is 0.268. The zero-order valence-electron chi connectivity index (χ0n) is 5.23. The Morgan fingerprint density at radius 1 is 1.36 bits per heavy atom. The van der Waals surface area contributed by atoms with Gasteiger partial charge in [0.25, 0.3) is 0 Å². The fourth-order valence-electron chi connectivity index (χ4n) is 0.268. The first kappa shape index (κ1) is 9.73. The summed E-state index contributed by atoms with van der Waals surface area (Å²) in [5.74, 6) is -2.88. The van der Waals surface area contributed by atoms with Crippen molar-refractivity contribution < 1.29 is 22.8 Å². The molecular formula is C4H5F3N2O2. The third-order valence-electron chi connectivity index (χ3n) is 0.673. The summed E-state index contributed by atoms with van der Waals surface area (Å²) in [5.41, 5.74) is 4.35. The Morgan fingerprint density at radius 3 is 2.09 bits per heavy atom. The Hall–Kier alpha value is -1.27. The van der Waals surface area contributed by atoms with Crippen molar-refractivity contribution in [1.29, 1.82) is 0 Å². The highest BCUT2D eigenvalue weighted by Crippen LogP contribution is 2.11. The number of carbonyl (C=O) groups excluding carboxylic acids is 2. The van der Waals surface area contributed by atoms with Crippen LogP contribution < -0.4 is 11.1 Å². The molecule has 0 spiro atoms. The van der Waals surface area contributed by atoms with Crippen LogP contribution in [0.15, 0.2) is 0 Å². The van der Waals surface area contributed by atoms with Gasteiger partial charge in [0, 0.05) is 0 Å². The van der Waals surface area contributed by atoms with E-state index in [-0.39, 0.29) is 0 Å². The van der Waals surface area contributed by atoms with E-state index in [1.54, 1.807) is 0 Å². The zero-order chi connectivity index (χ0) is 9.07. The molecule has 2 amide bonds. The molecule has 0 aromatic heterocycles. The van der Waals surface area contributed by atoms with Crippen molar-refractivity contribution in [2.45, 2.75) is 6.18 Å². The largest absolute Gasteiger partial charge is 0.405 e. The minimum absolute atomic E-state index is 1.28. The van der Waals surface area contributed by atoms with Gasteiger partial charge in [-0.05, 0) is 0 Å². The molecule has 0 aromatic rings. The third-order valence-corrected chi connectivity index (χ3v) is 0.673. The number of rotatable bonds is 1. The molecule has 3 N–H and O–H groups in total. The molecule has 11 heavy (non-hydrogen) atoms. The second-order valence-electron chi connectivity index (χ2n) is 1.66. The van der Waals surface area contributed by atoms with E-state index in [2.05, 4.69) is 5.73 Å². The van der Waals surface area contributed by atoms with Gasteiger partial charge in [0.1, 0.15) is 6.54 Å². The summed E-state index contributed by atoms with van der Waals surface area (Å²) in [6.07, 6.45) is -4.52. The highest BCUT2D eigenvalue weighted by molar-refractivity contribution is 6.34. The van der Waals surface area contributed by atoms with Gasteiger partial charge in [-0.25, -0.2) is 0 Å². The molecule has 0 aliphatic heterocycles. The van der Waals surface area contributed by atoms with Gasteiger partial charge in [-0.1, -0.05) is 0 Å². The lowest BCUT2D eigenvalue weighted by Crippen LogP contribution is -2.40. The second kappa shape index (κ2) is 3.22. The lowest BCUT2D eigenvalue weighted by Gasteiger charge is -2.05. The van der Waals surface area contributed by atoms with Crippen LogP contribution in [-0.4, -0.2) is 24.5 Å². The topological polar surface area (TPSA) is 72.2 Å². The number of hydrogen-bond donors (Lipinski definition) is 2. The molecule has 0 aliphatic carbocycles. The molecule has 0 saturated carbocycles. The molecule has 0 heterocycles. The predicted molar refractivity (Wildman–Crippen MR) is 28.3 cm³/mol. The number of hydrogen-bond acceptors (Lipinski definition) is 2. The number of nitrogens with one attached hydrogen (secondary N) is 1. The maximum Gasteiger partial charge on any atom is 0.405 e. The van der Waals surface area contributed by atoms with Gasteiger partial charge in [-0.2, -0.15) is 13.2 Å². The van der Waals surface area contributed by atoms with Crippen LogP contribution in [0.4, 0.5) is 13.2 Å². The van der Waals surface area contributed by atoms with Crippen molar-refractivity contribution in [2.24, 2.45) is 5.73 Å². The number of carbonyl (C=O) groups is 2. The number of alkyl halides is 3. The summed E-state index contributed by atoms with van der Waals surface area (Å²) in [6.45, 7) is -1.55. The summed E-state index contributed by atoms with van der Waals surface area (Å²) >= 11 is 0. The lowest BCUT2D eigenvalue weighted by molar-refractivity contribution is -0.145. The molecule has 0 fully saturated rings. The molecule has 0 unspecified atom stereocenters. The first-order valence-electron chi connectivity index (χ1n) is 2.47. The van der Waals surface area contributed by atoms with E-state index in [1.165, 1.54) is 5.32 Å². The number of nitrogens with two attached hydrogens (primary N) is 1. The normalized spacial score (nSPS) is 10.8. The molecule has 0 radical (unpaired) electrons. The van der Waals surface area contributed by atoms with Crippen LogP contribution in [0.1, 0.15) is 0 Å². The summed E-state index contributed by atoms with van der Waals surface area (Å²) in [6, 6.07) is 0. The van der Waals surface area contributed by atoms with Crippen molar-refractivity contribution in [2.75, 3.05) is 6.54 Å². The van der Waals surface area contributed by atoms with E-state index in [1.807, 2.05) is 0 Å². The van der Waals surface area contributed by atoms with E-state index < -0.39 is 24.5 Å². The highest BCUT2D eigenvalue weighted by Gasteiger charge is 2.28. The molecule has 4 nitrogen and oxygen atoms in total.